The van der Waals surface area contributed by atoms with Gasteiger partial charge in [-0.25, -0.2) is 8.78 Å². The van der Waals surface area contributed by atoms with Gasteiger partial charge in [-0.1, -0.05) is 0 Å². The molecule has 0 bridgehead atoms. The number of amides is 1. The number of anilines is 1. The molecule has 0 aliphatic heterocycles. The summed E-state index contributed by atoms with van der Waals surface area (Å²) in [6.45, 7) is 3.78. The zero-order valence-corrected chi connectivity index (χ0v) is 10.5. The largest absolute Gasteiger partial charge is 0.398 e. The monoisotopic (exact) mass is 258 g/mol. The van der Waals surface area contributed by atoms with Gasteiger partial charge in [0.15, 0.2) is 11.6 Å². The Hall–Kier alpha value is -1.69. The van der Waals surface area contributed by atoms with Crippen molar-refractivity contribution in [3.05, 3.63) is 29.3 Å². The summed E-state index contributed by atoms with van der Waals surface area (Å²) in [5, 5.41) is 2.54. The molecule has 0 radical (unpaired) electrons. The lowest BCUT2D eigenvalue weighted by Gasteiger charge is -2.23. The Balaban J connectivity index is 2.82. The third-order valence-corrected chi connectivity index (χ3v) is 2.56. The van der Waals surface area contributed by atoms with Gasteiger partial charge in [-0.3, -0.25) is 4.79 Å². The first-order valence-electron chi connectivity index (χ1n) is 5.34. The Bertz CT molecular complexity index is 462. The summed E-state index contributed by atoms with van der Waals surface area (Å²) >= 11 is 0. The number of carbonyl (C=O) groups is 1. The smallest absolute Gasteiger partial charge is 0.253 e. The third-order valence-electron chi connectivity index (χ3n) is 2.56. The minimum absolute atomic E-state index is 0.0965. The highest BCUT2D eigenvalue weighted by atomic mass is 19.2. The molecule has 1 aromatic rings. The lowest BCUT2D eigenvalue weighted by Crippen LogP contribution is -2.40. The van der Waals surface area contributed by atoms with Gasteiger partial charge in [-0.05, 0) is 19.9 Å². The van der Waals surface area contributed by atoms with E-state index in [0.717, 1.165) is 12.1 Å². The van der Waals surface area contributed by atoms with Crippen molar-refractivity contribution in [2.24, 2.45) is 0 Å². The van der Waals surface area contributed by atoms with E-state index in [1.807, 2.05) is 0 Å². The van der Waals surface area contributed by atoms with E-state index in [0.29, 0.717) is 0 Å². The molecule has 4 nitrogen and oxygen atoms in total. The average Bonchev–Trinajstić information content (AvgIpc) is 2.31. The maximum Gasteiger partial charge on any atom is 0.253 e. The molecule has 0 aliphatic carbocycles. The number of hydrogen-bond donors (Lipinski definition) is 2. The first kappa shape index (κ1) is 14.4. The summed E-state index contributed by atoms with van der Waals surface area (Å²) in [4.78, 5) is 11.8. The van der Waals surface area contributed by atoms with Crippen LogP contribution in [0.2, 0.25) is 0 Å². The van der Waals surface area contributed by atoms with Crippen molar-refractivity contribution < 1.29 is 18.3 Å². The van der Waals surface area contributed by atoms with E-state index in [-0.39, 0.29) is 17.8 Å². The zero-order chi connectivity index (χ0) is 13.9. The predicted octanol–water partition coefficient (Wildman–Crippen LogP) is 1.70. The van der Waals surface area contributed by atoms with E-state index < -0.39 is 23.1 Å². The standard InChI is InChI=1S/C12H16F2N2O2/c1-12(2,18-3)6-16-11(17)7-4-8(13)9(14)5-10(7)15/h4-5H,6,15H2,1-3H3,(H,16,17). The maximum atomic E-state index is 13.0. The van der Waals surface area contributed by atoms with Gasteiger partial charge in [0.1, 0.15) is 0 Å². The van der Waals surface area contributed by atoms with Crippen LogP contribution >= 0.6 is 0 Å². The molecule has 1 amide bonds. The van der Waals surface area contributed by atoms with Crippen molar-refractivity contribution in [3.8, 4) is 0 Å². The average molecular weight is 258 g/mol. The molecule has 0 saturated carbocycles. The van der Waals surface area contributed by atoms with Gasteiger partial charge in [-0.15, -0.1) is 0 Å². The highest BCUT2D eigenvalue weighted by molar-refractivity contribution is 5.99. The van der Waals surface area contributed by atoms with E-state index in [1.165, 1.54) is 7.11 Å². The van der Waals surface area contributed by atoms with Gasteiger partial charge in [-0.2, -0.15) is 0 Å². The summed E-state index contributed by atoms with van der Waals surface area (Å²) in [5.41, 5.74) is 4.71. The van der Waals surface area contributed by atoms with Crippen LogP contribution in [0.25, 0.3) is 0 Å². The zero-order valence-electron chi connectivity index (χ0n) is 10.5. The fourth-order valence-corrected chi connectivity index (χ4v) is 1.22. The molecule has 3 N–H and O–H groups in total. The molecule has 18 heavy (non-hydrogen) atoms. The molecule has 0 saturated heterocycles. The Morgan fingerprint density at radius 3 is 2.50 bits per heavy atom. The van der Waals surface area contributed by atoms with E-state index >= 15 is 0 Å². The molecule has 0 unspecified atom stereocenters. The van der Waals surface area contributed by atoms with Gasteiger partial charge < -0.3 is 15.8 Å². The second kappa shape index (κ2) is 5.30. The van der Waals surface area contributed by atoms with Crippen molar-refractivity contribution in [1.82, 2.24) is 5.32 Å². The second-order valence-corrected chi connectivity index (χ2v) is 4.50. The number of benzene rings is 1. The molecule has 0 spiro atoms. The van der Waals surface area contributed by atoms with Gasteiger partial charge in [0.2, 0.25) is 0 Å². The van der Waals surface area contributed by atoms with Crippen molar-refractivity contribution >= 4 is 11.6 Å². The van der Waals surface area contributed by atoms with Crippen LogP contribution in [0.3, 0.4) is 0 Å². The summed E-state index contributed by atoms with van der Waals surface area (Å²) in [6.07, 6.45) is 0. The lowest BCUT2D eigenvalue weighted by molar-refractivity contribution is 0.0229. The Kier molecular flexibility index (Phi) is 4.24. The number of nitrogens with two attached hydrogens (primary N) is 1. The van der Waals surface area contributed by atoms with Crippen molar-refractivity contribution in [2.75, 3.05) is 19.4 Å². The number of ether oxygens (including phenoxy) is 1. The van der Waals surface area contributed by atoms with Crippen LogP contribution in [0, 0.1) is 11.6 Å². The number of methoxy groups -OCH3 is 1. The number of halogens is 2. The summed E-state index contributed by atoms with van der Waals surface area (Å²) in [7, 11) is 1.51. The molecule has 0 aromatic heterocycles. The number of rotatable bonds is 4. The summed E-state index contributed by atoms with van der Waals surface area (Å²) in [6, 6.07) is 1.56. The van der Waals surface area contributed by atoms with Crippen LogP contribution < -0.4 is 11.1 Å². The van der Waals surface area contributed by atoms with Crippen molar-refractivity contribution in [2.45, 2.75) is 19.4 Å². The first-order valence-corrected chi connectivity index (χ1v) is 5.34. The summed E-state index contributed by atoms with van der Waals surface area (Å²) < 4.78 is 31.0. The van der Waals surface area contributed by atoms with Crippen LogP contribution in [0.15, 0.2) is 12.1 Å². The molecular formula is C12H16F2N2O2. The quantitative estimate of drug-likeness (QED) is 0.808. The van der Waals surface area contributed by atoms with E-state index in [1.54, 1.807) is 13.8 Å². The van der Waals surface area contributed by atoms with E-state index in [4.69, 9.17) is 10.5 Å². The van der Waals surface area contributed by atoms with Gasteiger partial charge in [0.05, 0.1) is 11.2 Å². The maximum absolute atomic E-state index is 13.0. The number of nitrogens with one attached hydrogen (secondary N) is 1. The van der Waals surface area contributed by atoms with E-state index in [2.05, 4.69) is 5.32 Å². The Morgan fingerprint density at radius 1 is 1.39 bits per heavy atom. The summed E-state index contributed by atoms with van der Waals surface area (Å²) in [5.74, 6) is -2.77. The number of carbonyl (C=O) groups excluding carboxylic acids is 1. The first-order chi connectivity index (χ1) is 8.26. The lowest BCUT2D eigenvalue weighted by atomic mass is 10.1. The third kappa shape index (κ3) is 3.40. The molecule has 0 heterocycles. The number of nitrogen functional groups attached to an aromatic ring is 1. The Labute approximate surface area is 104 Å². The fraction of sp³-hybridized carbons (Fsp3) is 0.417. The van der Waals surface area contributed by atoms with Crippen LogP contribution in [0.1, 0.15) is 24.2 Å². The van der Waals surface area contributed by atoms with Crippen LogP contribution in [0.5, 0.6) is 0 Å². The minimum Gasteiger partial charge on any atom is -0.398 e. The molecule has 6 heteroatoms. The van der Waals surface area contributed by atoms with E-state index in [9.17, 15) is 13.6 Å². The van der Waals surface area contributed by atoms with Crippen LogP contribution in [0.4, 0.5) is 14.5 Å². The van der Waals surface area contributed by atoms with Crippen molar-refractivity contribution in [3.63, 3.8) is 0 Å². The topological polar surface area (TPSA) is 64.3 Å². The van der Waals surface area contributed by atoms with Gasteiger partial charge >= 0.3 is 0 Å². The molecule has 100 valence electrons. The highest BCUT2D eigenvalue weighted by Crippen LogP contribution is 2.17. The number of hydrogen-bond acceptors (Lipinski definition) is 3. The molecule has 0 aliphatic rings. The van der Waals surface area contributed by atoms with Gasteiger partial charge in [0.25, 0.3) is 5.91 Å². The molecular weight excluding hydrogens is 242 g/mol. The van der Waals surface area contributed by atoms with Crippen molar-refractivity contribution in [1.29, 1.82) is 0 Å². The predicted molar refractivity (Wildman–Crippen MR) is 64.2 cm³/mol. The van der Waals surface area contributed by atoms with Crippen LogP contribution in [-0.2, 0) is 4.74 Å². The molecule has 0 atom stereocenters. The molecule has 0 fully saturated rings. The van der Waals surface area contributed by atoms with Gasteiger partial charge in [0, 0.05) is 25.4 Å². The SMILES string of the molecule is COC(C)(C)CNC(=O)c1cc(F)c(F)cc1N. The molecule has 1 aromatic carbocycles. The minimum atomic E-state index is -1.11. The second-order valence-electron chi connectivity index (χ2n) is 4.50. The van der Waals surface area contributed by atoms with Crippen LogP contribution in [-0.4, -0.2) is 25.2 Å². The normalized spacial score (nSPS) is 11.4. The highest BCUT2D eigenvalue weighted by Gasteiger charge is 2.20. The Morgan fingerprint density at radius 2 is 1.94 bits per heavy atom. The molecule has 1 rings (SSSR count). The fourth-order valence-electron chi connectivity index (χ4n) is 1.22.